The van der Waals surface area contributed by atoms with Crippen LogP contribution in [-0.4, -0.2) is 59.9 Å². The Balaban J connectivity index is 1.20. The van der Waals surface area contributed by atoms with E-state index in [9.17, 15) is 9.59 Å². The monoisotopic (exact) mass is 446 g/mol. The predicted octanol–water partition coefficient (Wildman–Crippen LogP) is 3.88. The molecule has 3 aliphatic rings. The van der Waals surface area contributed by atoms with Gasteiger partial charge >= 0.3 is 0 Å². The first-order valence-corrected chi connectivity index (χ1v) is 12.4. The summed E-state index contributed by atoms with van der Waals surface area (Å²) in [5.41, 5.74) is 3.00. The summed E-state index contributed by atoms with van der Waals surface area (Å²) in [5.74, 6) is 0.189. The quantitative estimate of drug-likeness (QED) is 0.701. The second kappa shape index (κ2) is 10.1. The van der Waals surface area contributed by atoms with Crippen LogP contribution < -0.4 is 10.2 Å². The van der Waals surface area contributed by atoms with Crippen LogP contribution in [0, 0.1) is 0 Å². The van der Waals surface area contributed by atoms with Crippen LogP contribution in [0.4, 0.5) is 11.4 Å². The van der Waals surface area contributed by atoms with E-state index in [2.05, 4.69) is 45.4 Å². The number of anilines is 2. The van der Waals surface area contributed by atoms with Crippen LogP contribution in [-0.2, 0) is 16.1 Å². The minimum absolute atomic E-state index is 0.0272. The van der Waals surface area contributed by atoms with Gasteiger partial charge in [0.15, 0.2) is 0 Å². The van der Waals surface area contributed by atoms with Crippen molar-refractivity contribution in [2.75, 3.05) is 36.4 Å². The minimum atomic E-state index is 0.0272. The molecule has 3 saturated heterocycles. The van der Waals surface area contributed by atoms with E-state index in [-0.39, 0.29) is 11.8 Å². The van der Waals surface area contributed by atoms with Gasteiger partial charge in [0.05, 0.1) is 6.54 Å². The van der Waals surface area contributed by atoms with Gasteiger partial charge in [-0.2, -0.15) is 0 Å². The maximum absolute atomic E-state index is 13.0. The number of carbonyl (C=O) groups excluding carboxylic acids is 2. The summed E-state index contributed by atoms with van der Waals surface area (Å²) in [6.07, 6.45) is 6.26. The number of hydrogen-bond donors (Lipinski definition) is 1. The van der Waals surface area contributed by atoms with Gasteiger partial charge in [-0.25, -0.2) is 0 Å². The number of hydrogen-bond acceptors (Lipinski definition) is 4. The van der Waals surface area contributed by atoms with Gasteiger partial charge in [0.1, 0.15) is 0 Å². The number of nitrogens with one attached hydrogen (secondary N) is 1. The Morgan fingerprint density at radius 1 is 0.879 bits per heavy atom. The van der Waals surface area contributed by atoms with Crippen molar-refractivity contribution < 1.29 is 9.59 Å². The van der Waals surface area contributed by atoms with Crippen molar-refractivity contribution in [1.82, 2.24) is 9.80 Å². The Labute approximate surface area is 196 Å². The van der Waals surface area contributed by atoms with Crippen molar-refractivity contribution in [1.29, 1.82) is 0 Å². The Morgan fingerprint density at radius 2 is 1.64 bits per heavy atom. The first-order chi connectivity index (χ1) is 16.2. The molecule has 174 valence electrons. The molecule has 33 heavy (non-hydrogen) atoms. The van der Waals surface area contributed by atoms with Crippen LogP contribution in [0.25, 0.3) is 0 Å². The molecule has 0 aromatic heterocycles. The molecule has 0 spiro atoms. The van der Waals surface area contributed by atoms with Crippen LogP contribution in [0.5, 0.6) is 0 Å². The Hall–Kier alpha value is -2.70. The van der Waals surface area contributed by atoms with Gasteiger partial charge < -0.3 is 10.2 Å². The summed E-state index contributed by atoms with van der Waals surface area (Å²) in [7, 11) is 0. The van der Waals surface area contributed by atoms with E-state index in [0.29, 0.717) is 25.0 Å². The lowest BCUT2D eigenvalue weighted by Crippen LogP contribution is -2.48. The molecule has 5 rings (SSSR count). The fourth-order valence-electron chi connectivity index (χ4n) is 5.84. The van der Waals surface area contributed by atoms with Gasteiger partial charge in [-0.15, -0.1) is 0 Å². The standard InChI is InChI=1S/C27H34N4O2/c32-26(28-22-10-4-11-23(18-22)31-17-7-14-27(31)33)20-30-16-6-13-25(30)24-12-5-15-29(24)19-21-8-2-1-3-9-21/h1-4,8-11,18,24-25H,5-7,12-17,19-20H2,(H,28,32). The van der Waals surface area contributed by atoms with Gasteiger partial charge in [0.2, 0.25) is 11.8 Å². The lowest BCUT2D eigenvalue weighted by molar-refractivity contribution is -0.118. The highest BCUT2D eigenvalue weighted by atomic mass is 16.2. The minimum Gasteiger partial charge on any atom is -0.325 e. The fraction of sp³-hybridized carbons (Fsp3) is 0.481. The third-order valence-electron chi connectivity index (χ3n) is 7.36. The van der Waals surface area contributed by atoms with Crippen LogP contribution >= 0.6 is 0 Å². The molecule has 0 radical (unpaired) electrons. The van der Waals surface area contributed by atoms with Gasteiger partial charge in [-0.05, 0) is 69.0 Å². The number of amides is 2. The summed E-state index contributed by atoms with van der Waals surface area (Å²) in [4.78, 5) is 31.8. The molecule has 3 aliphatic heterocycles. The molecular formula is C27H34N4O2. The molecular weight excluding hydrogens is 412 g/mol. The van der Waals surface area contributed by atoms with Crippen molar-refractivity contribution in [3.63, 3.8) is 0 Å². The Bertz CT molecular complexity index is 979. The molecule has 3 heterocycles. The highest BCUT2D eigenvalue weighted by Gasteiger charge is 2.38. The molecule has 3 fully saturated rings. The van der Waals surface area contributed by atoms with Crippen molar-refractivity contribution in [2.45, 2.75) is 57.2 Å². The molecule has 1 N–H and O–H groups in total. The van der Waals surface area contributed by atoms with Crippen LogP contribution in [0.2, 0.25) is 0 Å². The highest BCUT2D eigenvalue weighted by Crippen LogP contribution is 2.31. The highest BCUT2D eigenvalue weighted by molar-refractivity contribution is 5.97. The zero-order valence-electron chi connectivity index (χ0n) is 19.3. The molecule has 0 aliphatic carbocycles. The first kappa shape index (κ1) is 22.1. The fourth-order valence-corrected chi connectivity index (χ4v) is 5.84. The van der Waals surface area contributed by atoms with Crippen LogP contribution in [0.3, 0.4) is 0 Å². The molecule has 0 bridgehead atoms. The maximum atomic E-state index is 13.0. The lowest BCUT2D eigenvalue weighted by Gasteiger charge is -2.35. The van der Waals surface area contributed by atoms with E-state index in [4.69, 9.17) is 0 Å². The normalized spacial score (nSPS) is 24.0. The van der Waals surface area contributed by atoms with E-state index in [1.54, 1.807) is 0 Å². The third-order valence-corrected chi connectivity index (χ3v) is 7.36. The molecule has 2 amide bonds. The summed E-state index contributed by atoms with van der Waals surface area (Å²) >= 11 is 0. The summed E-state index contributed by atoms with van der Waals surface area (Å²) in [6.45, 7) is 4.29. The average molecular weight is 447 g/mol. The van der Waals surface area contributed by atoms with E-state index in [1.807, 2.05) is 29.2 Å². The van der Waals surface area contributed by atoms with Gasteiger partial charge in [0, 0.05) is 43.0 Å². The van der Waals surface area contributed by atoms with E-state index >= 15 is 0 Å². The number of likely N-dealkylation sites (tertiary alicyclic amines) is 2. The average Bonchev–Trinajstić information content (AvgIpc) is 3.56. The molecule has 0 saturated carbocycles. The number of benzene rings is 2. The van der Waals surface area contributed by atoms with E-state index < -0.39 is 0 Å². The van der Waals surface area contributed by atoms with Crippen LogP contribution in [0.15, 0.2) is 54.6 Å². The molecule has 6 nitrogen and oxygen atoms in total. The van der Waals surface area contributed by atoms with Gasteiger partial charge in [-0.1, -0.05) is 36.4 Å². The third kappa shape index (κ3) is 5.12. The van der Waals surface area contributed by atoms with Crippen molar-refractivity contribution in [3.8, 4) is 0 Å². The maximum Gasteiger partial charge on any atom is 0.238 e. The van der Waals surface area contributed by atoms with Crippen molar-refractivity contribution >= 4 is 23.2 Å². The van der Waals surface area contributed by atoms with Crippen LogP contribution in [0.1, 0.15) is 44.1 Å². The molecule has 2 aromatic carbocycles. The SMILES string of the molecule is O=C(CN1CCCC1C1CCCN1Cc1ccccc1)Nc1cccc(N2CCCC2=O)c1. The summed E-state index contributed by atoms with van der Waals surface area (Å²) in [6, 6.07) is 19.3. The number of nitrogens with zero attached hydrogens (tertiary/aromatic N) is 3. The first-order valence-electron chi connectivity index (χ1n) is 12.4. The Morgan fingerprint density at radius 3 is 2.39 bits per heavy atom. The van der Waals surface area contributed by atoms with Crippen molar-refractivity contribution in [2.24, 2.45) is 0 Å². The summed E-state index contributed by atoms with van der Waals surface area (Å²) < 4.78 is 0. The molecule has 6 heteroatoms. The molecule has 2 atom stereocenters. The zero-order chi connectivity index (χ0) is 22.6. The molecule has 2 unspecified atom stereocenters. The zero-order valence-corrected chi connectivity index (χ0v) is 19.3. The van der Waals surface area contributed by atoms with Crippen molar-refractivity contribution in [3.05, 3.63) is 60.2 Å². The smallest absolute Gasteiger partial charge is 0.238 e. The second-order valence-corrected chi connectivity index (χ2v) is 9.59. The number of carbonyl (C=O) groups is 2. The second-order valence-electron chi connectivity index (χ2n) is 9.59. The van der Waals surface area contributed by atoms with E-state index in [0.717, 1.165) is 56.8 Å². The summed E-state index contributed by atoms with van der Waals surface area (Å²) in [5, 5.41) is 3.08. The topological polar surface area (TPSA) is 55.9 Å². The Kier molecular flexibility index (Phi) is 6.74. The predicted molar refractivity (Wildman–Crippen MR) is 131 cm³/mol. The largest absolute Gasteiger partial charge is 0.325 e. The van der Waals surface area contributed by atoms with E-state index in [1.165, 1.54) is 18.4 Å². The molecule has 2 aromatic rings. The lowest BCUT2D eigenvalue weighted by atomic mass is 10.0. The van der Waals surface area contributed by atoms with Gasteiger partial charge in [-0.3, -0.25) is 19.4 Å². The number of rotatable bonds is 7. The van der Waals surface area contributed by atoms with Gasteiger partial charge in [0.25, 0.3) is 0 Å².